The SMILES string of the molecule is COc1ccc2c(c1)c(Nc1cccc(Cl)c1)nn2CC(O)c1ccccc1. The number of aliphatic hydroxyl groups excluding tert-OH is 1. The molecule has 1 unspecified atom stereocenters. The number of anilines is 2. The minimum absolute atomic E-state index is 0.337. The van der Waals surface area contributed by atoms with Crippen molar-refractivity contribution in [3.8, 4) is 5.75 Å². The Morgan fingerprint density at radius 2 is 1.89 bits per heavy atom. The molecule has 0 bridgehead atoms. The average Bonchev–Trinajstić information content (AvgIpc) is 3.05. The first-order valence-electron chi connectivity index (χ1n) is 8.94. The molecular weight excluding hydrogens is 374 g/mol. The molecule has 0 aliphatic rings. The Balaban J connectivity index is 1.72. The molecule has 0 saturated carbocycles. The van der Waals surface area contributed by atoms with E-state index in [0.29, 0.717) is 17.4 Å². The van der Waals surface area contributed by atoms with Crippen LogP contribution in [0.15, 0.2) is 72.8 Å². The molecule has 6 heteroatoms. The Morgan fingerprint density at radius 3 is 2.64 bits per heavy atom. The Bertz CT molecular complexity index is 1100. The molecule has 0 radical (unpaired) electrons. The Hall–Kier alpha value is -3.02. The van der Waals surface area contributed by atoms with Gasteiger partial charge in [-0.2, -0.15) is 5.10 Å². The van der Waals surface area contributed by atoms with Crippen LogP contribution >= 0.6 is 11.6 Å². The van der Waals surface area contributed by atoms with Crippen molar-refractivity contribution in [2.24, 2.45) is 0 Å². The van der Waals surface area contributed by atoms with Crippen LogP contribution in [0.2, 0.25) is 5.02 Å². The summed E-state index contributed by atoms with van der Waals surface area (Å²) in [4.78, 5) is 0. The van der Waals surface area contributed by atoms with Gasteiger partial charge in [-0.25, -0.2) is 0 Å². The van der Waals surface area contributed by atoms with Gasteiger partial charge >= 0.3 is 0 Å². The van der Waals surface area contributed by atoms with Gasteiger partial charge in [0.15, 0.2) is 5.82 Å². The van der Waals surface area contributed by atoms with Crippen molar-refractivity contribution in [2.45, 2.75) is 12.6 Å². The molecular formula is C22H20ClN3O2. The predicted octanol–water partition coefficient (Wildman–Crippen LogP) is 5.18. The number of nitrogens with zero attached hydrogens (tertiary/aromatic N) is 2. The molecule has 142 valence electrons. The topological polar surface area (TPSA) is 59.3 Å². The van der Waals surface area contributed by atoms with E-state index in [1.54, 1.807) is 11.8 Å². The van der Waals surface area contributed by atoms with Gasteiger partial charge in [0.1, 0.15) is 5.75 Å². The molecule has 2 N–H and O–H groups in total. The van der Waals surface area contributed by atoms with Crippen molar-refractivity contribution < 1.29 is 9.84 Å². The van der Waals surface area contributed by atoms with E-state index in [-0.39, 0.29) is 0 Å². The lowest BCUT2D eigenvalue weighted by atomic mass is 10.1. The van der Waals surface area contributed by atoms with E-state index in [1.165, 1.54) is 0 Å². The molecule has 1 aromatic heterocycles. The molecule has 0 amide bonds. The van der Waals surface area contributed by atoms with Crippen LogP contribution in [0, 0.1) is 0 Å². The first-order valence-corrected chi connectivity index (χ1v) is 9.32. The van der Waals surface area contributed by atoms with Crippen molar-refractivity contribution in [2.75, 3.05) is 12.4 Å². The largest absolute Gasteiger partial charge is 0.497 e. The summed E-state index contributed by atoms with van der Waals surface area (Å²) in [6, 6.07) is 22.8. The summed E-state index contributed by atoms with van der Waals surface area (Å²) in [7, 11) is 1.63. The highest BCUT2D eigenvalue weighted by Crippen LogP contribution is 2.31. The van der Waals surface area contributed by atoms with Crippen molar-refractivity contribution in [1.82, 2.24) is 9.78 Å². The van der Waals surface area contributed by atoms with E-state index in [1.807, 2.05) is 72.8 Å². The number of fused-ring (bicyclic) bond motifs is 1. The molecule has 0 spiro atoms. The molecule has 28 heavy (non-hydrogen) atoms. The number of hydrogen-bond donors (Lipinski definition) is 2. The molecule has 0 fully saturated rings. The minimum Gasteiger partial charge on any atom is -0.497 e. The zero-order chi connectivity index (χ0) is 19.5. The molecule has 0 aliphatic heterocycles. The number of nitrogens with one attached hydrogen (secondary N) is 1. The van der Waals surface area contributed by atoms with E-state index < -0.39 is 6.10 Å². The van der Waals surface area contributed by atoms with Gasteiger partial charge in [-0.3, -0.25) is 4.68 Å². The van der Waals surface area contributed by atoms with Crippen LogP contribution in [0.1, 0.15) is 11.7 Å². The molecule has 1 atom stereocenters. The summed E-state index contributed by atoms with van der Waals surface area (Å²) in [6.07, 6.45) is -0.662. The Morgan fingerprint density at radius 1 is 1.07 bits per heavy atom. The molecule has 0 aliphatic carbocycles. The standard InChI is InChI=1S/C22H20ClN3O2/c1-28-18-10-11-20-19(13-18)22(24-17-9-5-8-16(23)12-17)25-26(20)14-21(27)15-6-3-2-4-7-15/h2-13,21,27H,14H2,1H3,(H,24,25). The maximum Gasteiger partial charge on any atom is 0.160 e. The lowest BCUT2D eigenvalue weighted by Gasteiger charge is -2.12. The number of aromatic nitrogens is 2. The summed E-state index contributed by atoms with van der Waals surface area (Å²) in [6.45, 7) is 0.337. The zero-order valence-electron chi connectivity index (χ0n) is 15.3. The summed E-state index contributed by atoms with van der Waals surface area (Å²) in [5.41, 5.74) is 2.59. The fourth-order valence-corrected chi connectivity index (χ4v) is 3.35. The van der Waals surface area contributed by atoms with Crippen LogP contribution in [0.25, 0.3) is 10.9 Å². The number of ether oxygens (including phenoxy) is 1. The fraction of sp³-hybridized carbons (Fsp3) is 0.136. The first kappa shape index (κ1) is 18.3. The summed E-state index contributed by atoms with van der Waals surface area (Å²) in [5.74, 6) is 1.42. The van der Waals surface area contributed by atoms with Crippen LogP contribution < -0.4 is 10.1 Å². The lowest BCUT2D eigenvalue weighted by Crippen LogP contribution is -2.10. The molecule has 4 aromatic rings. The summed E-state index contributed by atoms with van der Waals surface area (Å²) < 4.78 is 7.18. The van der Waals surface area contributed by atoms with E-state index in [9.17, 15) is 5.11 Å². The number of halogens is 1. The maximum atomic E-state index is 10.6. The molecule has 0 saturated heterocycles. The molecule has 5 nitrogen and oxygen atoms in total. The lowest BCUT2D eigenvalue weighted by molar-refractivity contribution is 0.153. The third-order valence-electron chi connectivity index (χ3n) is 4.58. The zero-order valence-corrected chi connectivity index (χ0v) is 16.1. The molecule has 4 rings (SSSR count). The second-order valence-corrected chi connectivity index (χ2v) is 6.91. The number of methoxy groups -OCH3 is 1. The second kappa shape index (κ2) is 7.92. The van der Waals surface area contributed by atoms with Crippen molar-refractivity contribution in [3.05, 3.63) is 83.4 Å². The third-order valence-corrected chi connectivity index (χ3v) is 4.81. The molecule has 1 heterocycles. The van der Waals surface area contributed by atoms with Gasteiger partial charge < -0.3 is 15.2 Å². The van der Waals surface area contributed by atoms with Crippen LogP contribution in [0.4, 0.5) is 11.5 Å². The van der Waals surface area contributed by atoms with E-state index in [0.717, 1.165) is 27.9 Å². The van der Waals surface area contributed by atoms with Crippen molar-refractivity contribution in [1.29, 1.82) is 0 Å². The van der Waals surface area contributed by atoms with Crippen molar-refractivity contribution in [3.63, 3.8) is 0 Å². The van der Waals surface area contributed by atoms with E-state index in [4.69, 9.17) is 21.4 Å². The van der Waals surface area contributed by atoms with Gasteiger partial charge in [0, 0.05) is 16.1 Å². The fourth-order valence-electron chi connectivity index (χ4n) is 3.16. The highest BCUT2D eigenvalue weighted by atomic mass is 35.5. The van der Waals surface area contributed by atoms with Gasteiger partial charge in [0.25, 0.3) is 0 Å². The van der Waals surface area contributed by atoms with E-state index in [2.05, 4.69) is 5.32 Å². The van der Waals surface area contributed by atoms with Crippen LogP contribution in [-0.2, 0) is 6.54 Å². The van der Waals surface area contributed by atoms with Gasteiger partial charge in [0.05, 0.1) is 25.3 Å². The van der Waals surface area contributed by atoms with E-state index >= 15 is 0 Å². The number of aliphatic hydroxyl groups is 1. The van der Waals surface area contributed by atoms with Gasteiger partial charge in [-0.05, 0) is 42.0 Å². The van der Waals surface area contributed by atoms with Crippen LogP contribution in [0.5, 0.6) is 5.75 Å². The maximum absolute atomic E-state index is 10.6. The Kier molecular flexibility index (Phi) is 5.19. The van der Waals surface area contributed by atoms with Gasteiger partial charge in [-0.15, -0.1) is 0 Å². The molecule has 3 aromatic carbocycles. The smallest absolute Gasteiger partial charge is 0.160 e. The predicted molar refractivity (Wildman–Crippen MR) is 112 cm³/mol. The quantitative estimate of drug-likeness (QED) is 0.474. The normalized spacial score (nSPS) is 12.1. The minimum atomic E-state index is -0.662. The summed E-state index contributed by atoms with van der Waals surface area (Å²) in [5, 5.41) is 20.2. The number of rotatable bonds is 6. The van der Waals surface area contributed by atoms with Gasteiger partial charge in [0.2, 0.25) is 0 Å². The first-order chi connectivity index (χ1) is 13.6. The Labute approximate surface area is 168 Å². The highest BCUT2D eigenvalue weighted by Gasteiger charge is 2.16. The third kappa shape index (κ3) is 3.81. The van der Waals surface area contributed by atoms with Gasteiger partial charge in [-0.1, -0.05) is 48.0 Å². The average molecular weight is 394 g/mol. The number of hydrogen-bond acceptors (Lipinski definition) is 4. The number of benzene rings is 3. The summed E-state index contributed by atoms with van der Waals surface area (Å²) >= 11 is 6.10. The monoisotopic (exact) mass is 393 g/mol. The highest BCUT2D eigenvalue weighted by molar-refractivity contribution is 6.30. The van der Waals surface area contributed by atoms with Crippen molar-refractivity contribution >= 4 is 34.0 Å². The van der Waals surface area contributed by atoms with Crippen LogP contribution in [-0.4, -0.2) is 22.0 Å². The second-order valence-electron chi connectivity index (χ2n) is 6.48. The van der Waals surface area contributed by atoms with Crippen LogP contribution in [0.3, 0.4) is 0 Å².